The van der Waals surface area contributed by atoms with E-state index in [0.29, 0.717) is 83.0 Å². The van der Waals surface area contributed by atoms with Gasteiger partial charge in [-0.15, -0.1) is 0 Å². The minimum absolute atomic E-state index is 0.0219. The third-order valence-electron chi connectivity index (χ3n) is 14.7. The first-order chi connectivity index (χ1) is 41.6. The van der Waals surface area contributed by atoms with Crippen LogP contribution in [0, 0.1) is 67.9 Å². The van der Waals surface area contributed by atoms with Gasteiger partial charge in [0, 0.05) is 80.2 Å². The number of piperidine rings is 3. The van der Waals surface area contributed by atoms with Gasteiger partial charge in [-0.05, 0) is 235 Å². The molecular weight excluding hydrogens is 1260 g/mol. The maximum absolute atomic E-state index is 13.3. The molecule has 0 bridgehead atoms. The molecular formula is C66H81F8IN8O5. The smallest absolute Gasteiger partial charge is 0.410 e. The summed E-state index contributed by atoms with van der Waals surface area (Å²) < 4.78 is 112. The van der Waals surface area contributed by atoms with Crippen molar-refractivity contribution in [3.8, 4) is 0 Å². The average molecular weight is 1350 g/mol. The van der Waals surface area contributed by atoms with Crippen molar-refractivity contribution in [2.75, 3.05) is 45.0 Å². The molecule has 13 nitrogen and oxygen atoms in total. The lowest BCUT2D eigenvalue weighted by atomic mass is 9.90. The summed E-state index contributed by atoms with van der Waals surface area (Å²) in [6.07, 6.45) is 14.1. The number of anilines is 1. The first-order valence-electron chi connectivity index (χ1n) is 29.6. The number of carbonyl (C=O) groups excluding carboxylic acids is 2. The molecule has 6 aromatic rings. The Balaban J connectivity index is 0.000000204. The quantitative estimate of drug-likeness (QED) is 0.0860. The van der Waals surface area contributed by atoms with E-state index in [1.54, 1.807) is 30.0 Å². The van der Waals surface area contributed by atoms with Gasteiger partial charge in [-0.3, -0.25) is 14.4 Å². The zero-order valence-electron chi connectivity index (χ0n) is 50.7. The predicted octanol–water partition coefficient (Wildman–Crippen LogP) is 13.2. The summed E-state index contributed by atoms with van der Waals surface area (Å²) in [5, 5.41) is 11.0. The van der Waals surface area contributed by atoms with Gasteiger partial charge < -0.3 is 25.6 Å². The van der Waals surface area contributed by atoms with Crippen LogP contribution in [0.25, 0.3) is 0 Å². The molecule has 3 saturated heterocycles. The highest BCUT2D eigenvalue weighted by atomic mass is 127. The maximum Gasteiger partial charge on any atom is 0.410 e. The summed E-state index contributed by atoms with van der Waals surface area (Å²) in [5.74, 6) is -2.67. The third kappa shape index (κ3) is 27.6. The molecule has 4 aliphatic rings. The fraction of sp³-hybridized carbons (Fsp3) is 0.455. The minimum Gasteiger partial charge on any atom is -0.444 e. The minimum atomic E-state index is -0.558. The molecule has 0 atom stereocenters. The van der Waals surface area contributed by atoms with Crippen LogP contribution in [0.15, 0.2) is 119 Å². The summed E-state index contributed by atoms with van der Waals surface area (Å²) in [7, 11) is 3.11. The lowest BCUT2D eigenvalue weighted by Gasteiger charge is -2.33. The normalized spacial score (nSPS) is 15.5. The monoisotopic (exact) mass is 1340 g/mol. The Morgan fingerprint density at radius 3 is 1.30 bits per heavy atom. The Hall–Kier alpha value is -6.95. The lowest BCUT2D eigenvalue weighted by Crippen LogP contribution is -2.42. The van der Waals surface area contributed by atoms with Gasteiger partial charge in [-0.25, -0.2) is 49.3 Å². The number of amides is 2. The van der Waals surface area contributed by atoms with Gasteiger partial charge in [0.25, 0.3) is 11.1 Å². The van der Waals surface area contributed by atoms with Crippen LogP contribution in [0.1, 0.15) is 114 Å². The molecule has 478 valence electrons. The van der Waals surface area contributed by atoms with Crippen molar-refractivity contribution in [2.24, 2.45) is 31.8 Å². The van der Waals surface area contributed by atoms with Gasteiger partial charge >= 0.3 is 6.09 Å². The number of hydrogen-bond acceptors (Lipinski definition) is 9. The number of ether oxygens (including phenoxy) is 1. The summed E-state index contributed by atoms with van der Waals surface area (Å²) in [6.45, 7) is 14.0. The standard InChI is InChI=1S/C19H21F2N3O2.C17H23F2NO2.C12H15F2N.C7H12.C6H3F2I.C5H7N3O/c1-23-18(25)3-2-17(22-23)12-19(26)24-6-4-13(5-7-24)8-14-9-15(20)11-16(21)10-14;1-17(2,3)22-16(21)20-6-4-12(5-7-20)8-13-9-14(18)11-15(19)10-13;13-11-6-10(7-12(14)8-11)5-9-1-3-15-4-2-9;1-7-5-3-2-4-6-7;7-4-1-5(8)3-6(9)2-4;1-8-5(9)3-2-4(6)7-8/h2-3,9-11,13H,4-8,12H2,1H3;9-12H,4-8H2,1-3H3;6-9,15H,1-5H2;1-6H2;1-3H;2-3H,1H3,(H2,6,7). The van der Waals surface area contributed by atoms with Crippen LogP contribution in [0.3, 0.4) is 0 Å². The van der Waals surface area contributed by atoms with E-state index < -0.39 is 52.1 Å². The number of nitrogens with zero attached hydrogens (tertiary/aromatic N) is 6. The van der Waals surface area contributed by atoms with E-state index in [-0.39, 0.29) is 29.5 Å². The summed E-state index contributed by atoms with van der Waals surface area (Å²) in [6, 6.07) is 20.3. The predicted molar refractivity (Wildman–Crippen MR) is 334 cm³/mol. The fourth-order valence-electron chi connectivity index (χ4n) is 10.3. The number of carbonyl (C=O) groups is 2. The van der Waals surface area contributed by atoms with E-state index in [1.807, 2.05) is 43.4 Å². The molecule has 4 fully saturated rings. The Morgan fingerprint density at radius 1 is 0.568 bits per heavy atom. The molecule has 1 saturated carbocycles. The zero-order chi connectivity index (χ0) is 64.5. The fourth-order valence-corrected chi connectivity index (χ4v) is 10.9. The summed E-state index contributed by atoms with van der Waals surface area (Å²) in [5.41, 5.74) is 8.54. The molecule has 88 heavy (non-hydrogen) atoms. The summed E-state index contributed by atoms with van der Waals surface area (Å²) >= 11 is 1.85. The van der Waals surface area contributed by atoms with E-state index >= 15 is 0 Å². The molecule has 2 aromatic heterocycles. The molecule has 3 N–H and O–H groups in total. The Kier molecular flexibility index (Phi) is 29.3. The van der Waals surface area contributed by atoms with Crippen LogP contribution in [-0.2, 0) is 49.3 Å². The number of nitrogens with one attached hydrogen (secondary N) is 1. The van der Waals surface area contributed by atoms with Crippen LogP contribution in [-0.4, -0.2) is 86.2 Å². The SMILES string of the molecule is C=C1CCCCC1.CC(C)(C)OC(=O)N1CCC(Cc2cc(F)cc(F)c2)CC1.Cn1nc(CC(=O)N2CCC(Cc3cc(F)cc(F)c3)CC2)ccc1=O.Cn1nc(N)ccc1=O.Fc1cc(F)cc(CC2CCNCC2)c1.Fc1cc(F)cc(I)c1. The van der Waals surface area contributed by atoms with Crippen LogP contribution >= 0.6 is 22.6 Å². The highest BCUT2D eigenvalue weighted by molar-refractivity contribution is 14.1. The van der Waals surface area contributed by atoms with Gasteiger partial charge in [-0.2, -0.15) is 10.2 Å². The molecule has 0 radical (unpaired) electrons. The van der Waals surface area contributed by atoms with E-state index in [0.717, 1.165) is 87.9 Å². The van der Waals surface area contributed by atoms with Crippen molar-refractivity contribution < 1.29 is 49.4 Å². The maximum atomic E-state index is 13.3. The first-order valence-corrected chi connectivity index (χ1v) is 30.7. The van der Waals surface area contributed by atoms with E-state index in [1.165, 1.54) is 114 Å². The van der Waals surface area contributed by atoms with Crippen molar-refractivity contribution >= 4 is 40.4 Å². The number of nitrogen functional groups attached to an aromatic ring is 1. The van der Waals surface area contributed by atoms with E-state index in [2.05, 4.69) is 22.1 Å². The second-order valence-corrected chi connectivity index (χ2v) is 24.7. The van der Waals surface area contributed by atoms with Crippen molar-refractivity contribution in [3.63, 3.8) is 0 Å². The first kappa shape index (κ1) is 71.8. The Bertz CT molecular complexity index is 3220. The average Bonchev–Trinajstić information content (AvgIpc) is 3.55. The number of halogens is 9. The molecule has 2 amide bonds. The zero-order valence-corrected chi connectivity index (χ0v) is 52.9. The topological polar surface area (TPSA) is 158 Å². The Labute approximate surface area is 523 Å². The number of benzene rings is 4. The van der Waals surface area contributed by atoms with Crippen molar-refractivity contribution in [1.82, 2.24) is 34.7 Å². The van der Waals surface area contributed by atoms with Crippen molar-refractivity contribution in [1.29, 1.82) is 0 Å². The molecule has 4 aromatic carbocycles. The van der Waals surface area contributed by atoms with Crippen molar-refractivity contribution in [2.45, 2.75) is 123 Å². The third-order valence-corrected chi connectivity index (χ3v) is 15.4. The van der Waals surface area contributed by atoms with Gasteiger partial charge in [0.15, 0.2) is 0 Å². The van der Waals surface area contributed by atoms with Gasteiger partial charge in [-0.1, -0.05) is 18.6 Å². The van der Waals surface area contributed by atoms with Gasteiger partial charge in [0.2, 0.25) is 5.91 Å². The molecule has 0 spiro atoms. The van der Waals surface area contributed by atoms with E-state index in [9.17, 15) is 54.3 Å². The number of likely N-dealkylation sites (tertiary alicyclic amines) is 2. The second-order valence-electron chi connectivity index (χ2n) is 23.5. The number of hydrogen-bond donors (Lipinski definition) is 2. The van der Waals surface area contributed by atoms with Crippen LogP contribution < -0.4 is 22.2 Å². The van der Waals surface area contributed by atoms with Gasteiger partial charge in [0.05, 0.1) is 12.1 Å². The Morgan fingerprint density at radius 2 is 0.943 bits per heavy atom. The highest BCUT2D eigenvalue weighted by Crippen LogP contribution is 2.26. The number of aromatic nitrogens is 4. The number of rotatable bonds is 8. The summed E-state index contributed by atoms with van der Waals surface area (Å²) in [4.78, 5) is 49.8. The highest BCUT2D eigenvalue weighted by Gasteiger charge is 2.28. The van der Waals surface area contributed by atoms with Gasteiger partial charge in [0.1, 0.15) is 58.0 Å². The molecule has 0 unspecified atom stereocenters. The number of nitrogens with two attached hydrogens (primary N) is 1. The molecule has 3 aliphatic heterocycles. The van der Waals surface area contributed by atoms with Crippen LogP contribution in [0.5, 0.6) is 0 Å². The number of allylic oxidation sites excluding steroid dienone is 1. The van der Waals surface area contributed by atoms with Crippen LogP contribution in [0.2, 0.25) is 0 Å². The second kappa shape index (κ2) is 35.9. The number of aryl methyl sites for hydroxylation is 2. The van der Waals surface area contributed by atoms with Crippen LogP contribution in [0.4, 0.5) is 45.7 Å². The molecule has 1 aliphatic carbocycles. The molecule has 5 heterocycles. The van der Waals surface area contributed by atoms with E-state index in [4.69, 9.17) is 10.5 Å². The van der Waals surface area contributed by atoms with Crippen molar-refractivity contribution in [3.05, 3.63) is 202 Å². The molecule has 22 heteroatoms. The largest absolute Gasteiger partial charge is 0.444 e. The molecule has 10 rings (SSSR count). The lowest BCUT2D eigenvalue weighted by molar-refractivity contribution is -0.131.